The van der Waals surface area contributed by atoms with Crippen molar-refractivity contribution in [1.82, 2.24) is 5.32 Å². The molecule has 2 rings (SSSR count). The molecule has 2 unspecified atom stereocenters. The van der Waals surface area contributed by atoms with E-state index in [1.54, 1.807) is 6.26 Å². The van der Waals surface area contributed by atoms with Crippen LogP contribution in [0.15, 0.2) is 22.8 Å². The molecule has 0 aliphatic carbocycles. The van der Waals surface area contributed by atoms with Gasteiger partial charge in [0.2, 0.25) is 0 Å². The molecule has 0 spiro atoms. The molecule has 1 aliphatic rings. The quantitative estimate of drug-likeness (QED) is 0.725. The van der Waals surface area contributed by atoms with E-state index in [1.165, 1.54) is 6.42 Å². The summed E-state index contributed by atoms with van der Waals surface area (Å²) in [5, 5.41) is 3.37. The van der Waals surface area contributed by atoms with E-state index in [9.17, 15) is 0 Å². The van der Waals surface area contributed by atoms with E-state index in [2.05, 4.69) is 18.3 Å². The maximum atomic E-state index is 5.38. The summed E-state index contributed by atoms with van der Waals surface area (Å²) in [6.45, 7) is 4.55. The summed E-state index contributed by atoms with van der Waals surface area (Å²) in [7, 11) is 0. The molecule has 0 bridgehead atoms. The van der Waals surface area contributed by atoms with Crippen LogP contribution in [0.4, 0.5) is 0 Å². The van der Waals surface area contributed by atoms with Crippen LogP contribution < -0.4 is 5.32 Å². The summed E-state index contributed by atoms with van der Waals surface area (Å²) in [6, 6.07) is 4.04. The Morgan fingerprint density at radius 2 is 2.58 bits per heavy atom. The number of rotatable bonds is 2. The standard InChI is InChI=1S/C10H15NO/c1-8(9-4-5-11-7-9)10-3-2-6-12-10/h2-3,6,8-9,11H,4-5,7H2,1H3. The molecular weight excluding hydrogens is 150 g/mol. The van der Waals surface area contributed by atoms with Crippen molar-refractivity contribution in [2.24, 2.45) is 5.92 Å². The largest absolute Gasteiger partial charge is 0.469 e. The fraction of sp³-hybridized carbons (Fsp3) is 0.600. The Kier molecular flexibility index (Phi) is 2.17. The van der Waals surface area contributed by atoms with E-state index < -0.39 is 0 Å². The fourth-order valence-electron chi connectivity index (χ4n) is 1.89. The molecule has 2 heteroatoms. The third-order valence-electron chi connectivity index (χ3n) is 2.80. The van der Waals surface area contributed by atoms with Gasteiger partial charge in [0.1, 0.15) is 5.76 Å². The minimum absolute atomic E-state index is 0.565. The lowest BCUT2D eigenvalue weighted by molar-refractivity contribution is 0.395. The molecule has 1 N–H and O–H groups in total. The predicted molar refractivity (Wildman–Crippen MR) is 48.1 cm³/mol. The van der Waals surface area contributed by atoms with Crippen LogP contribution in [0.1, 0.15) is 25.0 Å². The Balaban J connectivity index is 2.04. The van der Waals surface area contributed by atoms with Gasteiger partial charge in [-0.15, -0.1) is 0 Å². The lowest BCUT2D eigenvalue weighted by Gasteiger charge is -2.14. The van der Waals surface area contributed by atoms with Gasteiger partial charge in [0.05, 0.1) is 6.26 Å². The highest BCUT2D eigenvalue weighted by atomic mass is 16.3. The first kappa shape index (κ1) is 7.87. The fourth-order valence-corrected chi connectivity index (χ4v) is 1.89. The maximum Gasteiger partial charge on any atom is 0.106 e. The van der Waals surface area contributed by atoms with Crippen LogP contribution >= 0.6 is 0 Å². The molecule has 2 atom stereocenters. The van der Waals surface area contributed by atoms with Gasteiger partial charge in [-0.1, -0.05) is 6.92 Å². The van der Waals surface area contributed by atoms with Gasteiger partial charge in [-0.3, -0.25) is 0 Å². The Morgan fingerprint density at radius 1 is 1.67 bits per heavy atom. The summed E-state index contributed by atoms with van der Waals surface area (Å²) in [5.74, 6) is 2.45. The first-order valence-electron chi connectivity index (χ1n) is 4.62. The minimum Gasteiger partial charge on any atom is -0.469 e. The van der Waals surface area contributed by atoms with E-state index in [1.807, 2.05) is 6.07 Å². The molecular formula is C10H15NO. The zero-order valence-corrected chi connectivity index (χ0v) is 7.42. The van der Waals surface area contributed by atoms with Gasteiger partial charge in [-0.05, 0) is 37.6 Å². The van der Waals surface area contributed by atoms with Crippen LogP contribution in [0.3, 0.4) is 0 Å². The topological polar surface area (TPSA) is 25.2 Å². The number of nitrogens with one attached hydrogen (secondary N) is 1. The Bertz CT molecular complexity index is 224. The molecule has 1 saturated heterocycles. The smallest absolute Gasteiger partial charge is 0.106 e. The molecule has 0 amide bonds. The second-order valence-corrected chi connectivity index (χ2v) is 3.56. The van der Waals surface area contributed by atoms with Crippen LogP contribution in [-0.2, 0) is 0 Å². The van der Waals surface area contributed by atoms with Crippen LogP contribution in [-0.4, -0.2) is 13.1 Å². The molecule has 0 radical (unpaired) electrons. The molecule has 2 heterocycles. The third-order valence-corrected chi connectivity index (χ3v) is 2.80. The van der Waals surface area contributed by atoms with Crippen molar-refractivity contribution in [1.29, 1.82) is 0 Å². The van der Waals surface area contributed by atoms with Gasteiger partial charge in [-0.2, -0.15) is 0 Å². The maximum absolute atomic E-state index is 5.38. The van der Waals surface area contributed by atoms with Crippen molar-refractivity contribution in [2.45, 2.75) is 19.3 Å². The SMILES string of the molecule is CC(c1ccco1)C1CCNC1. The van der Waals surface area contributed by atoms with Gasteiger partial charge in [0.15, 0.2) is 0 Å². The average molecular weight is 165 g/mol. The zero-order valence-electron chi connectivity index (χ0n) is 7.42. The molecule has 1 aliphatic heterocycles. The molecule has 1 fully saturated rings. The van der Waals surface area contributed by atoms with E-state index in [0.717, 1.165) is 24.8 Å². The summed E-state index contributed by atoms with van der Waals surface area (Å²) in [5.41, 5.74) is 0. The van der Waals surface area contributed by atoms with Crippen molar-refractivity contribution in [2.75, 3.05) is 13.1 Å². The van der Waals surface area contributed by atoms with Crippen molar-refractivity contribution in [3.8, 4) is 0 Å². The lowest BCUT2D eigenvalue weighted by atomic mass is 9.91. The molecule has 1 aromatic heterocycles. The Labute approximate surface area is 73.0 Å². The average Bonchev–Trinajstić information content (AvgIpc) is 2.77. The molecule has 12 heavy (non-hydrogen) atoms. The second kappa shape index (κ2) is 3.31. The van der Waals surface area contributed by atoms with Crippen molar-refractivity contribution >= 4 is 0 Å². The van der Waals surface area contributed by atoms with Gasteiger partial charge in [0, 0.05) is 5.92 Å². The number of furan rings is 1. The second-order valence-electron chi connectivity index (χ2n) is 3.56. The number of hydrogen-bond donors (Lipinski definition) is 1. The zero-order chi connectivity index (χ0) is 8.39. The third kappa shape index (κ3) is 1.39. The molecule has 0 aromatic carbocycles. The molecule has 2 nitrogen and oxygen atoms in total. The van der Waals surface area contributed by atoms with E-state index >= 15 is 0 Å². The first-order chi connectivity index (χ1) is 5.88. The van der Waals surface area contributed by atoms with Crippen LogP contribution in [0.2, 0.25) is 0 Å². The van der Waals surface area contributed by atoms with Crippen molar-refractivity contribution in [3.05, 3.63) is 24.2 Å². The minimum atomic E-state index is 0.565. The van der Waals surface area contributed by atoms with Crippen LogP contribution in [0.25, 0.3) is 0 Å². The summed E-state index contributed by atoms with van der Waals surface area (Å²) in [6.07, 6.45) is 3.04. The van der Waals surface area contributed by atoms with Gasteiger partial charge < -0.3 is 9.73 Å². The summed E-state index contributed by atoms with van der Waals surface area (Å²) in [4.78, 5) is 0. The highest BCUT2D eigenvalue weighted by molar-refractivity contribution is 5.06. The van der Waals surface area contributed by atoms with Gasteiger partial charge >= 0.3 is 0 Å². The molecule has 0 saturated carbocycles. The number of hydrogen-bond acceptors (Lipinski definition) is 2. The molecule has 1 aromatic rings. The van der Waals surface area contributed by atoms with Gasteiger partial charge in [0.25, 0.3) is 0 Å². The van der Waals surface area contributed by atoms with E-state index in [0.29, 0.717) is 5.92 Å². The van der Waals surface area contributed by atoms with Crippen LogP contribution in [0, 0.1) is 5.92 Å². The summed E-state index contributed by atoms with van der Waals surface area (Å²) >= 11 is 0. The predicted octanol–water partition coefficient (Wildman–Crippen LogP) is 1.99. The first-order valence-corrected chi connectivity index (χ1v) is 4.62. The van der Waals surface area contributed by atoms with Gasteiger partial charge in [-0.25, -0.2) is 0 Å². The normalized spacial score (nSPS) is 25.9. The highest BCUT2D eigenvalue weighted by Gasteiger charge is 2.23. The molecule has 66 valence electrons. The summed E-state index contributed by atoms with van der Waals surface area (Å²) < 4.78 is 5.38. The Morgan fingerprint density at radius 3 is 3.17 bits per heavy atom. The monoisotopic (exact) mass is 165 g/mol. The van der Waals surface area contributed by atoms with Crippen LogP contribution in [0.5, 0.6) is 0 Å². The van der Waals surface area contributed by atoms with E-state index in [-0.39, 0.29) is 0 Å². The lowest BCUT2D eigenvalue weighted by Crippen LogP contribution is -2.13. The van der Waals surface area contributed by atoms with E-state index in [4.69, 9.17) is 4.42 Å². The Hall–Kier alpha value is -0.760. The van der Waals surface area contributed by atoms with Crippen molar-refractivity contribution < 1.29 is 4.42 Å². The highest BCUT2D eigenvalue weighted by Crippen LogP contribution is 2.28. The van der Waals surface area contributed by atoms with Crippen molar-refractivity contribution in [3.63, 3.8) is 0 Å².